The van der Waals surface area contributed by atoms with Crippen LogP contribution in [-0.4, -0.2) is 22.1 Å². The first kappa shape index (κ1) is 17.8. The van der Waals surface area contributed by atoms with Gasteiger partial charge in [-0.2, -0.15) is 0 Å². The molecular formula is C19H30N2O2. The summed E-state index contributed by atoms with van der Waals surface area (Å²) in [4.78, 5) is 12.4. The number of hydrogen-bond acceptors (Lipinski definition) is 3. The summed E-state index contributed by atoms with van der Waals surface area (Å²) in [5.41, 5.74) is 1.13. The van der Waals surface area contributed by atoms with Crippen LogP contribution in [0.5, 0.6) is 5.75 Å². The summed E-state index contributed by atoms with van der Waals surface area (Å²) < 4.78 is 0. The summed E-state index contributed by atoms with van der Waals surface area (Å²) in [7, 11) is 0. The molecule has 1 fully saturated rings. The summed E-state index contributed by atoms with van der Waals surface area (Å²) in [6.45, 7) is 10.8. The van der Waals surface area contributed by atoms with Gasteiger partial charge in [0.25, 0.3) is 0 Å². The van der Waals surface area contributed by atoms with Crippen LogP contribution in [0.25, 0.3) is 0 Å². The molecule has 4 heteroatoms. The summed E-state index contributed by atoms with van der Waals surface area (Å²) >= 11 is 0. The lowest BCUT2D eigenvalue weighted by Gasteiger charge is -2.46. The van der Waals surface area contributed by atoms with E-state index in [4.69, 9.17) is 0 Å². The molecule has 1 atom stereocenters. The van der Waals surface area contributed by atoms with Crippen molar-refractivity contribution in [3.63, 3.8) is 0 Å². The molecule has 0 bridgehead atoms. The molecule has 0 aromatic heterocycles. The molecule has 2 rings (SSSR count). The van der Waals surface area contributed by atoms with Crippen molar-refractivity contribution in [1.82, 2.24) is 10.6 Å². The number of nitrogens with one attached hydrogen (secondary N) is 2. The third-order valence-electron chi connectivity index (χ3n) is 4.52. The van der Waals surface area contributed by atoms with Crippen LogP contribution in [0.15, 0.2) is 24.3 Å². The first-order valence-corrected chi connectivity index (χ1v) is 8.44. The fourth-order valence-corrected chi connectivity index (χ4v) is 4.09. The molecule has 1 aromatic rings. The van der Waals surface area contributed by atoms with Gasteiger partial charge in [-0.05, 0) is 71.1 Å². The predicted molar refractivity (Wildman–Crippen MR) is 93.3 cm³/mol. The maximum absolute atomic E-state index is 12.4. The number of carbonyl (C=O) groups is 1. The molecule has 128 valence electrons. The summed E-state index contributed by atoms with van der Waals surface area (Å²) in [5, 5.41) is 16.1. The van der Waals surface area contributed by atoms with E-state index in [1.807, 2.05) is 19.1 Å². The Labute approximate surface area is 139 Å². The van der Waals surface area contributed by atoms with E-state index in [0.29, 0.717) is 12.3 Å². The quantitative estimate of drug-likeness (QED) is 0.796. The molecule has 1 aliphatic heterocycles. The Morgan fingerprint density at radius 2 is 1.74 bits per heavy atom. The standard InChI is InChI=1S/C19H30N2O2/c1-13(15-6-8-16(22)9-7-15)20-17(23)10-14-11-18(2,3)21-19(4,5)12-14/h6-9,13-14,21-22H,10-12H2,1-5H3,(H,20,23). The molecule has 1 aliphatic rings. The fourth-order valence-electron chi connectivity index (χ4n) is 4.09. The van der Waals surface area contributed by atoms with Gasteiger partial charge in [-0.1, -0.05) is 12.1 Å². The van der Waals surface area contributed by atoms with Gasteiger partial charge in [0.05, 0.1) is 6.04 Å². The summed E-state index contributed by atoms with van der Waals surface area (Å²) in [5.74, 6) is 0.740. The van der Waals surface area contributed by atoms with Crippen molar-refractivity contribution >= 4 is 5.91 Å². The highest BCUT2D eigenvalue weighted by Crippen LogP contribution is 2.34. The van der Waals surface area contributed by atoms with Crippen LogP contribution in [0.3, 0.4) is 0 Å². The number of benzene rings is 1. The highest BCUT2D eigenvalue weighted by atomic mass is 16.3. The summed E-state index contributed by atoms with van der Waals surface area (Å²) in [6.07, 6.45) is 2.59. The van der Waals surface area contributed by atoms with E-state index in [-0.39, 0.29) is 28.8 Å². The zero-order chi connectivity index (χ0) is 17.3. The van der Waals surface area contributed by atoms with Crippen LogP contribution < -0.4 is 10.6 Å². The van der Waals surface area contributed by atoms with E-state index in [1.165, 1.54) is 0 Å². The summed E-state index contributed by atoms with van der Waals surface area (Å²) in [6, 6.07) is 6.94. The van der Waals surface area contributed by atoms with Gasteiger partial charge in [0.2, 0.25) is 5.91 Å². The van der Waals surface area contributed by atoms with Crippen LogP contribution in [0.1, 0.15) is 65.5 Å². The van der Waals surface area contributed by atoms with E-state index < -0.39 is 0 Å². The van der Waals surface area contributed by atoms with E-state index in [1.54, 1.807) is 12.1 Å². The molecule has 0 saturated carbocycles. The molecule has 1 aromatic carbocycles. The number of phenolic OH excluding ortho intramolecular Hbond substituents is 1. The zero-order valence-electron chi connectivity index (χ0n) is 14.9. The Kier molecular flexibility index (Phi) is 5.04. The van der Waals surface area contributed by atoms with Gasteiger partial charge < -0.3 is 15.7 Å². The second-order valence-corrected chi connectivity index (χ2v) is 8.25. The van der Waals surface area contributed by atoms with Gasteiger partial charge in [-0.15, -0.1) is 0 Å². The molecular weight excluding hydrogens is 288 g/mol. The zero-order valence-corrected chi connectivity index (χ0v) is 14.9. The lowest BCUT2D eigenvalue weighted by Crippen LogP contribution is -2.58. The highest BCUT2D eigenvalue weighted by molar-refractivity contribution is 5.76. The number of aromatic hydroxyl groups is 1. The van der Waals surface area contributed by atoms with Crippen molar-refractivity contribution in [2.45, 2.75) is 71.0 Å². The number of rotatable bonds is 4. The highest BCUT2D eigenvalue weighted by Gasteiger charge is 2.38. The van der Waals surface area contributed by atoms with E-state index >= 15 is 0 Å². The van der Waals surface area contributed by atoms with Crippen LogP contribution >= 0.6 is 0 Å². The molecule has 23 heavy (non-hydrogen) atoms. The predicted octanol–water partition coefficient (Wildman–Crippen LogP) is 3.52. The molecule has 0 spiro atoms. The normalized spacial score (nSPS) is 21.6. The number of carbonyl (C=O) groups excluding carboxylic acids is 1. The number of hydrogen-bond donors (Lipinski definition) is 3. The van der Waals surface area contributed by atoms with Crippen molar-refractivity contribution in [3.05, 3.63) is 29.8 Å². The van der Waals surface area contributed by atoms with Crippen LogP contribution in [0, 0.1) is 5.92 Å². The minimum Gasteiger partial charge on any atom is -0.508 e. The van der Waals surface area contributed by atoms with Gasteiger partial charge in [0, 0.05) is 17.5 Å². The Balaban J connectivity index is 1.92. The topological polar surface area (TPSA) is 61.4 Å². The Bertz CT molecular complexity index is 533. The Morgan fingerprint density at radius 1 is 1.22 bits per heavy atom. The molecule has 0 radical (unpaired) electrons. The molecule has 1 amide bonds. The van der Waals surface area contributed by atoms with Crippen molar-refractivity contribution in [1.29, 1.82) is 0 Å². The first-order valence-electron chi connectivity index (χ1n) is 8.44. The lowest BCUT2D eigenvalue weighted by molar-refractivity contribution is -0.123. The van der Waals surface area contributed by atoms with Gasteiger partial charge in [0.1, 0.15) is 5.75 Å². The molecule has 1 unspecified atom stereocenters. The van der Waals surface area contributed by atoms with Crippen molar-refractivity contribution in [2.24, 2.45) is 5.92 Å². The fraction of sp³-hybridized carbons (Fsp3) is 0.632. The minimum atomic E-state index is -0.0502. The smallest absolute Gasteiger partial charge is 0.220 e. The number of amides is 1. The third kappa shape index (κ3) is 5.24. The second kappa shape index (κ2) is 6.52. The van der Waals surface area contributed by atoms with Crippen LogP contribution in [0.4, 0.5) is 0 Å². The van der Waals surface area contributed by atoms with Gasteiger partial charge in [0.15, 0.2) is 0 Å². The van der Waals surface area contributed by atoms with Gasteiger partial charge >= 0.3 is 0 Å². The molecule has 0 aliphatic carbocycles. The van der Waals surface area contributed by atoms with Crippen molar-refractivity contribution in [3.8, 4) is 5.75 Å². The van der Waals surface area contributed by atoms with E-state index in [0.717, 1.165) is 18.4 Å². The largest absolute Gasteiger partial charge is 0.508 e. The van der Waals surface area contributed by atoms with Gasteiger partial charge in [-0.3, -0.25) is 4.79 Å². The van der Waals surface area contributed by atoms with Crippen LogP contribution in [-0.2, 0) is 4.79 Å². The minimum absolute atomic E-state index is 0.0502. The van der Waals surface area contributed by atoms with E-state index in [2.05, 4.69) is 38.3 Å². The number of phenols is 1. The Morgan fingerprint density at radius 3 is 2.26 bits per heavy atom. The SMILES string of the molecule is CC(NC(=O)CC1CC(C)(C)NC(C)(C)C1)c1ccc(O)cc1. The molecule has 4 nitrogen and oxygen atoms in total. The van der Waals surface area contributed by atoms with E-state index in [9.17, 15) is 9.90 Å². The van der Waals surface area contributed by atoms with Gasteiger partial charge in [-0.25, -0.2) is 0 Å². The van der Waals surface area contributed by atoms with Crippen molar-refractivity contribution in [2.75, 3.05) is 0 Å². The average Bonchev–Trinajstić information content (AvgIpc) is 2.34. The monoisotopic (exact) mass is 318 g/mol. The maximum Gasteiger partial charge on any atom is 0.220 e. The third-order valence-corrected chi connectivity index (χ3v) is 4.52. The number of piperidine rings is 1. The average molecular weight is 318 g/mol. The first-order chi connectivity index (χ1) is 10.6. The molecule has 1 saturated heterocycles. The van der Waals surface area contributed by atoms with Crippen molar-refractivity contribution < 1.29 is 9.90 Å². The maximum atomic E-state index is 12.4. The second-order valence-electron chi connectivity index (χ2n) is 8.25. The molecule has 3 N–H and O–H groups in total. The lowest BCUT2D eigenvalue weighted by atomic mass is 9.74. The molecule has 1 heterocycles. The Hall–Kier alpha value is -1.55. The van der Waals surface area contributed by atoms with Crippen LogP contribution in [0.2, 0.25) is 0 Å².